The van der Waals surface area contributed by atoms with E-state index in [1.165, 1.54) is 5.56 Å². The molecule has 2 aromatic rings. The number of hydrogen-bond donors (Lipinski definition) is 3. The van der Waals surface area contributed by atoms with Crippen LogP contribution in [-0.4, -0.2) is 18.5 Å². The van der Waals surface area contributed by atoms with Crippen LogP contribution in [-0.2, 0) is 17.9 Å². The van der Waals surface area contributed by atoms with Crippen molar-refractivity contribution in [1.82, 2.24) is 16.0 Å². The molecule has 3 N–H and O–H groups in total. The average Bonchev–Trinajstić information content (AvgIpc) is 2.58. The summed E-state index contributed by atoms with van der Waals surface area (Å²) < 4.78 is 0. The Morgan fingerprint density at radius 2 is 1.39 bits per heavy atom. The van der Waals surface area contributed by atoms with E-state index >= 15 is 0 Å². The Labute approximate surface area is 136 Å². The zero-order chi connectivity index (χ0) is 16.5. The van der Waals surface area contributed by atoms with E-state index in [1.807, 2.05) is 61.5 Å². The van der Waals surface area contributed by atoms with Crippen LogP contribution in [0.15, 0.2) is 54.6 Å². The molecule has 5 nitrogen and oxygen atoms in total. The van der Waals surface area contributed by atoms with Gasteiger partial charge in [-0.2, -0.15) is 0 Å². The Morgan fingerprint density at radius 1 is 0.783 bits per heavy atom. The van der Waals surface area contributed by atoms with Gasteiger partial charge in [0.1, 0.15) is 0 Å². The molecular weight excluding hydrogens is 290 g/mol. The molecule has 0 bridgehead atoms. The van der Waals surface area contributed by atoms with E-state index in [9.17, 15) is 9.59 Å². The van der Waals surface area contributed by atoms with Crippen LogP contribution < -0.4 is 16.0 Å². The van der Waals surface area contributed by atoms with E-state index in [-0.39, 0.29) is 18.5 Å². The van der Waals surface area contributed by atoms with Crippen molar-refractivity contribution in [3.8, 4) is 0 Å². The van der Waals surface area contributed by atoms with Gasteiger partial charge in [0, 0.05) is 13.1 Å². The molecule has 0 saturated heterocycles. The van der Waals surface area contributed by atoms with Crippen LogP contribution in [0.25, 0.3) is 0 Å². The van der Waals surface area contributed by atoms with Crippen LogP contribution in [0, 0.1) is 6.92 Å². The molecular formula is C18H21N3O2. The van der Waals surface area contributed by atoms with Gasteiger partial charge in [0.25, 0.3) is 0 Å². The zero-order valence-electron chi connectivity index (χ0n) is 13.1. The number of hydrogen-bond acceptors (Lipinski definition) is 2. The summed E-state index contributed by atoms with van der Waals surface area (Å²) in [4.78, 5) is 23.3. The Bertz CT molecular complexity index is 639. The second-order valence-corrected chi connectivity index (χ2v) is 5.28. The third kappa shape index (κ3) is 6.22. The van der Waals surface area contributed by atoms with Crippen molar-refractivity contribution in [3.63, 3.8) is 0 Å². The van der Waals surface area contributed by atoms with Gasteiger partial charge in [-0.25, -0.2) is 4.79 Å². The van der Waals surface area contributed by atoms with Gasteiger partial charge in [-0.3, -0.25) is 4.79 Å². The number of rotatable bonds is 6. The third-order valence-corrected chi connectivity index (χ3v) is 3.32. The molecule has 0 aliphatic carbocycles. The quantitative estimate of drug-likeness (QED) is 0.764. The maximum Gasteiger partial charge on any atom is 0.315 e. The first-order valence-corrected chi connectivity index (χ1v) is 7.51. The van der Waals surface area contributed by atoms with Crippen LogP contribution in [0.2, 0.25) is 0 Å². The van der Waals surface area contributed by atoms with E-state index in [4.69, 9.17) is 0 Å². The average molecular weight is 311 g/mol. The molecule has 0 saturated carbocycles. The topological polar surface area (TPSA) is 70.2 Å². The highest BCUT2D eigenvalue weighted by atomic mass is 16.2. The van der Waals surface area contributed by atoms with Gasteiger partial charge in [0.05, 0.1) is 6.54 Å². The Balaban J connectivity index is 1.63. The summed E-state index contributed by atoms with van der Waals surface area (Å²) >= 11 is 0. The second kappa shape index (κ2) is 8.58. The first-order valence-electron chi connectivity index (χ1n) is 7.51. The van der Waals surface area contributed by atoms with E-state index in [0.29, 0.717) is 13.1 Å². The number of nitrogens with one attached hydrogen (secondary N) is 3. The maximum atomic E-state index is 11.7. The number of carbonyl (C=O) groups excluding carboxylic acids is 2. The highest BCUT2D eigenvalue weighted by Gasteiger charge is 2.05. The molecule has 0 aromatic heterocycles. The first-order chi connectivity index (χ1) is 11.1. The SMILES string of the molecule is Cc1ccc(CNC(=O)CNC(=O)NCc2ccccc2)cc1. The van der Waals surface area contributed by atoms with Crippen LogP contribution in [0.3, 0.4) is 0 Å². The highest BCUT2D eigenvalue weighted by molar-refractivity contribution is 5.83. The van der Waals surface area contributed by atoms with Crippen LogP contribution >= 0.6 is 0 Å². The molecule has 0 atom stereocenters. The summed E-state index contributed by atoms with van der Waals surface area (Å²) in [6.45, 7) is 2.84. The van der Waals surface area contributed by atoms with Gasteiger partial charge in [-0.1, -0.05) is 60.2 Å². The minimum Gasteiger partial charge on any atom is -0.350 e. The zero-order valence-corrected chi connectivity index (χ0v) is 13.1. The number of urea groups is 1. The molecule has 23 heavy (non-hydrogen) atoms. The van der Waals surface area contributed by atoms with E-state index < -0.39 is 0 Å². The van der Waals surface area contributed by atoms with Crippen LogP contribution in [0.4, 0.5) is 4.79 Å². The maximum absolute atomic E-state index is 11.7. The van der Waals surface area contributed by atoms with Gasteiger partial charge in [-0.15, -0.1) is 0 Å². The van der Waals surface area contributed by atoms with Crippen molar-refractivity contribution in [3.05, 3.63) is 71.3 Å². The van der Waals surface area contributed by atoms with Crippen LogP contribution in [0.1, 0.15) is 16.7 Å². The fourth-order valence-corrected chi connectivity index (χ4v) is 1.97. The molecule has 0 unspecified atom stereocenters. The van der Waals surface area contributed by atoms with Crippen LogP contribution in [0.5, 0.6) is 0 Å². The molecule has 0 radical (unpaired) electrons. The molecule has 3 amide bonds. The summed E-state index contributed by atoms with van der Waals surface area (Å²) in [6.07, 6.45) is 0. The standard InChI is InChI=1S/C18H21N3O2/c1-14-7-9-16(10-8-14)11-19-17(22)13-21-18(23)20-12-15-5-3-2-4-6-15/h2-10H,11-13H2,1H3,(H,19,22)(H2,20,21,23). The minimum absolute atomic E-state index is 0.0491. The molecule has 0 heterocycles. The van der Waals surface area contributed by atoms with Crippen molar-refractivity contribution in [2.24, 2.45) is 0 Å². The Kier molecular flexibility index (Phi) is 6.17. The smallest absolute Gasteiger partial charge is 0.315 e. The lowest BCUT2D eigenvalue weighted by Crippen LogP contribution is -2.41. The van der Waals surface area contributed by atoms with Gasteiger partial charge in [0.15, 0.2) is 0 Å². The Hall–Kier alpha value is -2.82. The lowest BCUT2D eigenvalue weighted by atomic mass is 10.1. The fourth-order valence-electron chi connectivity index (χ4n) is 1.97. The number of benzene rings is 2. The van der Waals surface area contributed by atoms with Gasteiger partial charge >= 0.3 is 6.03 Å². The summed E-state index contributed by atoms with van der Waals surface area (Å²) in [5.74, 6) is -0.222. The van der Waals surface area contributed by atoms with Gasteiger partial charge < -0.3 is 16.0 Å². The van der Waals surface area contributed by atoms with Crippen molar-refractivity contribution < 1.29 is 9.59 Å². The normalized spacial score (nSPS) is 9.96. The highest BCUT2D eigenvalue weighted by Crippen LogP contribution is 2.02. The third-order valence-electron chi connectivity index (χ3n) is 3.32. The second-order valence-electron chi connectivity index (χ2n) is 5.28. The molecule has 2 rings (SSSR count). The van der Waals surface area contributed by atoms with Crippen molar-refractivity contribution >= 4 is 11.9 Å². The number of carbonyl (C=O) groups is 2. The summed E-state index contributed by atoms with van der Waals surface area (Å²) in [7, 11) is 0. The molecule has 0 aliphatic rings. The van der Waals surface area contributed by atoms with Gasteiger partial charge in [-0.05, 0) is 18.1 Å². The van der Waals surface area contributed by atoms with Crippen molar-refractivity contribution in [2.45, 2.75) is 20.0 Å². The van der Waals surface area contributed by atoms with Crippen molar-refractivity contribution in [1.29, 1.82) is 0 Å². The van der Waals surface area contributed by atoms with E-state index in [2.05, 4.69) is 16.0 Å². The Morgan fingerprint density at radius 3 is 2.09 bits per heavy atom. The van der Waals surface area contributed by atoms with Gasteiger partial charge in [0.2, 0.25) is 5.91 Å². The lowest BCUT2D eigenvalue weighted by molar-refractivity contribution is -0.120. The molecule has 5 heteroatoms. The van der Waals surface area contributed by atoms with E-state index in [1.54, 1.807) is 0 Å². The largest absolute Gasteiger partial charge is 0.350 e. The predicted octanol–water partition coefficient (Wildman–Crippen LogP) is 2.11. The minimum atomic E-state index is -0.362. The number of amides is 3. The summed E-state index contributed by atoms with van der Waals surface area (Å²) in [5, 5.41) is 8.01. The predicted molar refractivity (Wildman–Crippen MR) is 89.7 cm³/mol. The first kappa shape index (κ1) is 16.5. The molecule has 2 aromatic carbocycles. The number of aryl methyl sites for hydroxylation is 1. The summed E-state index contributed by atoms with van der Waals surface area (Å²) in [5.41, 5.74) is 3.21. The van der Waals surface area contributed by atoms with E-state index in [0.717, 1.165) is 11.1 Å². The molecule has 0 fully saturated rings. The molecule has 120 valence electrons. The monoisotopic (exact) mass is 311 g/mol. The fraction of sp³-hybridized carbons (Fsp3) is 0.222. The molecule has 0 aliphatic heterocycles. The lowest BCUT2D eigenvalue weighted by Gasteiger charge is -2.09. The van der Waals surface area contributed by atoms with Crippen molar-refractivity contribution in [2.75, 3.05) is 6.54 Å². The summed E-state index contributed by atoms with van der Waals surface area (Å²) in [6, 6.07) is 17.2. The molecule has 0 spiro atoms.